The molecule has 1 aromatic carbocycles. The smallest absolute Gasteiger partial charge is 0.236 e. The summed E-state index contributed by atoms with van der Waals surface area (Å²) in [4.78, 5) is 16.1. The third-order valence-corrected chi connectivity index (χ3v) is 4.89. The van der Waals surface area contributed by atoms with E-state index in [4.69, 9.17) is 5.73 Å². The fourth-order valence-electron chi connectivity index (χ4n) is 2.94. The molecule has 23 heavy (non-hydrogen) atoms. The summed E-state index contributed by atoms with van der Waals surface area (Å²) >= 11 is 0. The normalized spacial score (nSPS) is 23.0. The first-order chi connectivity index (χ1) is 10.8. The van der Waals surface area contributed by atoms with E-state index in [0.29, 0.717) is 18.7 Å². The second-order valence-corrected chi connectivity index (χ2v) is 6.83. The first-order valence-corrected chi connectivity index (χ1v) is 7.89. The second-order valence-electron chi connectivity index (χ2n) is 6.83. The van der Waals surface area contributed by atoms with E-state index in [1.165, 1.54) is 6.07 Å². The molecule has 2 N–H and O–H groups in total. The van der Waals surface area contributed by atoms with Gasteiger partial charge in [0, 0.05) is 13.6 Å². The molecule has 1 saturated heterocycles. The highest BCUT2D eigenvalue weighted by atomic mass is 19.2. The van der Waals surface area contributed by atoms with Crippen LogP contribution in [0.3, 0.4) is 0 Å². The zero-order chi connectivity index (χ0) is 17.2. The summed E-state index contributed by atoms with van der Waals surface area (Å²) in [5, 5.41) is 0. The molecule has 4 nitrogen and oxygen atoms in total. The van der Waals surface area contributed by atoms with Crippen molar-refractivity contribution in [2.24, 2.45) is 11.1 Å². The fourth-order valence-corrected chi connectivity index (χ4v) is 2.94. The number of likely N-dealkylation sites (N-methyl/N-ethyl adjacent to an activating group) is 1. The summed E-state index contributed by atoms with van der Waals surface area (Å²) in [6.45, 7) is 6.53. The Morgan fingerprint density at radius 2 is 2.13 bits per heavy atom. The number of nitrogens with two attached hydrogens (primary N) is 1. The number of rotatable bonds is 5. The van der Waals surface area contributed by atoms with Gasteiger partial charge in [-0.15, -0.1) is 0 Å². The van der Waals surface area contributed by atoms with Gasteiger partial charge in [0.05, 0.1) is 12.6 Å². The summed E-state index contributed by atoms with van der Waals surface area (Å²) in [5.41, 5.74) is 6.43. The minimum atomic E-state index is -0.895. The molecule has 0 radical (unpaired) electrons. The number of amides is 1. The minimum absolute atomic E-state index is 0.0384. The van der Waals surface area contributed by atoms with Crippen LogP contribution >= 0.6 is 0 Å². The molecule has 1 aliphatic rings. The van der Waals surface area contributed by atoms with Crippen LogP contribution in [0.15, 0.2) is 18.2 Å². The topological polar surface area (TPSA) is 49.6 Å². The summed E-state index contributed by atoms with van der Waals surface area (Å²) in [6.07, 6.45) is 0.985. The predicted octanol–water partition coefficient (Wildman–Crippen LogP) is 2.15. The van der Waals surface area contributed by atoms with Gasteiger partial charge in [0.25, 0.3) is 0 Å². The molecule has 2 unspecified atom stereocenters. The lowest BCUT2D eigenvalue weighted by Crippen LogP contribution is -2.40. The highest BCUT2D eigenvalue weighted by molar-refractivity contribution is 5.78. The van der Waals surface area contributed by atoms with E-state index in [0.717, 1.165) is 31.6 Å². The molecule has 0 bridgehead atoms. The van der Waals surface area contributed by atoms with Gasteiger partial charge in [-0.25, -0.2) is 8.78 Å². The predicted molar refractivity (Wildman–Crippen MR) is 85.8 cm³/mol. The van der Waals surface area contributed by atoms with Crippen molar-refractivity contribution >= 4 is 5.91 Å². The first kappa shape index (κ1) is 17.8. The van der Waals surface area contributed by atoms with Crippen LogP contribution in [0.4, 0.5) is 8.78 Å². The summed E-state index contributed by atoms with van der Waals surface area (Å²) in [5.74, 6) is -1.81. The Morgan fingerprint density at radius 1 is 1.43 bits per heavy atom. The van der Waals surface area contributed by atoms with Crippen LogP contribution in [0.25, 0.3) is 0 Å². The standard InChI is InChI=1S/C17H25F2N3O/c1-12(13-4-5-14(18)15(19)8-13)21(3)16(23)9-22-7-6-17(2,10-20)11-22/h4-5,8,12H,6-7,9-11,20H2,1-3H3. The third-order valence-electron chi connectivity index (χ3n) is 4.89. The molecule has 6 heteroatoms. The van der Waals surface area contributed by atoms with Gasteiger partial charge in [0.1, 0.15) is 0 Å². The van der Waals surface area contributed by atoms with E-state index in [1.54, 1.807) is 18.9 Å². The monoisotopic (exact) mass is 325 g/mol. The van der Waals surface area contributed by atoms with Gasteiger partial charge in [-0.3, -0.25) is 9.69 Å². The van der Waals surface area contributed by atoms with E-state index in [2.05, 4.69) is 11.8 Å². The van der Waals surface area contributed by atoms with Gasteiger partial charge in [0.15, 0.2) is 11.6 Å². The molecule has 128 valence electrons. The molecule has 1 aliphatic heterocycles. The maximum Gasteiger partial charge on any atom is 0.236 e. The van der Waals surface area contributed by atoms with E-state index >= 15 is 0 Å². The number of hydrogen-bond donors (Lipinski definition) is 1. The SMILES string of the molecule is CC(c1ccc(F)c(F)c1)N(C)C(=O)CN1CCC(C)(CN)C1. The summed E-state index contributed by atoms with van der Waals surface area (Å²) in [7, 11) is 1.69. The van der Waals surface area contributed by atoms with Crippen molar-refractivity contribution in [3.05, 3.63) is 35.4 Å². The highest BCUT2D eigenvalue weighted by Crippen LogP contribution is 2.28. The van der Waals surface area contributed by atoms with Crippen LogP contribution in [0.5, 0.6) is 0 Å². The lowest BCUT2D eigenvalue weighted by Gasteiger charge is -2.28. The van der Waals surface area contributed by atoms with Crippen molar-refractivity contribution in [2.45, 2.75) is 26.3 Å². The molecule has 0 saturated carbocycles. The lowest BCUT2D eigenvalue weighted by atomic mass is 9.90. The van der Waals surface area contributed by atoms with Gasteiger partial charge in [-0.1, -0.05) is 13.0 Å². The molecule has 2 atom stereocenters. The van der Waals surface area contributed by atoms with E-state index in [1.807, 2.05) is 0 Å². The Morgan fingerprint density at radius 3 is 2.70 bits per heavy atom. The van der Waals surface area contributed by atoms with Crippen LogP contribution in [0.1, 0.15) is 31.9 Å². The second kappa shape index (κ2) is 6.93. The van der Waals surface area contributed by atoms with E-state index in [9.17, 15) is 13.6 Å². The van der Waals surface area contributed by atoms with Crippen molar-refractivity contribution in [3.63, 3.8) is 0 Å². The Bertz CT molecular complexity index is 581. The van der Waals surface area contributed by atoms with Crippen molar-refractivity contribution in [1.29, 1.82) is 0 Å². The Hall–Kier alpha value is -1.53. The van der Waals surface area contributed by atoms with Crippen molar-refractivity contribution in [3.8, 4) is 0 Å². The van der Waals surface area contributed by atoms with Gasteiger partial charge in [0.2, 0.25) is 5.91 Å². The van der Waals surface area contributed by atoms with Gasteiger partial charge in [-0.2, -0.15) is 0 Å². The molecular formula is C17H25F2N3O. The molecular weight excluding hydrogens is 300 g/mol. The Balaban J connectivity index is 1.98. The van der Waals surface area contributed by atoms with Crippen LogP contribution in [-0.2, 0) is 4.79 Å². The van der Waals surface area contributed by atoms with Crippen LogP contribution < -0.4 is 5.73 Å². The summed E-state index contributed by atoms with van der Waals surface area (Å²) < 4.78 is 26.4. The van der Waals surface area contributed by atoms with E-state index < -0.39 is 11.6 Å². The Labute approximate surface area is 136 Å². The van der Waals surface area contributed by atoms with Crippen LogP contribution in [0.2, 0.25) is 0 Å². The minimum Gasteiger partial charge on any atom is -0.338 e. The highest BCUT2D eigenvalue weighted by Gasteiger charge is 2.33. The van der Waals surface area contributed by atoms with Crippen LogP contribution in [0, 0.1) is 17.0 Å². The lowest BCUT2D eigenvalue weighted by molar-refractivity contribution is -0.132. The maximum absolute atomic E-state index is 13.4. The number of carbonyl (C=O) groups excluding carboxylic acids is 1. The number of benzene rings is 1. The molecule has 0 aromatic heterocycles. The van der Waals surface area contributed by atoms with Crippen molar-refractivity contribution < 1.29 is 13.6 Å². The zero-order valence-electron chi connectivity index (χ0n) is 14.0. The molecule has 1 heterocycles. The number of carbonyl (C=O) groups is 1. The molecule has 2 rings (SSSR count). The fraction of sp³-hybridized carbons (Fsp3) is 0.588. The van der Waals surface area contributed by atoms with E-state index in [-0.39, 0.29) is 17.4 Å². The number of nitrogens with zero attached hydrogens (tertiary/aromatic N) is 2. The summed E-state index contributed by atoms with van der Waals surface area (Å²) in [6, 6.07) is 3.42. The largest absolute Gasteiger partial charge is 0.338 e. The average molecular weight is 325 g/mol. The van der Waals surface area contributed by atoms with Crippen LogP contribution in [-0.4, -0.2) is 48.9 Å². The quantitative estimate of drug-likeness (QED) is 0.902. The Kier molecular flexibility index (Phi) is 5.37. The average Bonchev–Trinajstić information content (AvgIpc) is 2.90. The number of halogens is 2. The van der Waals surface area contributed by atoms with Gasteiger partial charge >= 0.3 is 0 Å². The maximum atomic E-state index is 13.4. The number of likely N-dealkylation sites (tertiary alicyclic amines) is 1. The first-order valence-electron chi connectivity index (χ1n) is 7.89. The van der Waals surface area contributed by atoms with Crippen molar-refractivity contribution in [1.82, 2.24) is 9.80 Å². The molecule has 0 aliphatic carbocycles. The zero-order valence-corrected chi connectivity index (χ0v) is 14.0. The molecule has 1 aromatic rings. The van der Waals surface area contributed by atoms with Gasteiger partial charge in [-0.05, 0) is 49.5 Å². The molecule has 1 fully saturated rings. The van der Waals surface area contributed by atoms with Gasteiger partial charge < -0.3 is 10.6 Å². The number of hydrogen-bond acceptors (Lipinski definition) is 3. The van der Waals surface area contributed by atoms with Crippen molar-refractivity contribution in [2.75, 3.05) is 33.2 Å². The third kappa shape index (κ3) is 4.06. The molecule has 1 amide bonds. The molecule has 0 spiro atoms.